The second kappa shape index (κ2) is 7.45. The van der Waals surface area contributed by atoms with Crippen LogP contribution in [0, 0.1) is 17.3 Å². The zero-order valence-corrected chi connectivity index (χ0v) is 19.6. The number of thioether (sulfide) groups is 1. The van der Waals surface area contributed by atoms with Crippen LogP contribution in [0.5, 0.6) is 0 Å². The van der Waals surface area contributed by atoms with Crippen molar-refractivity contribution in [1.29, 1.82) is 0 Å². The molecule has 0 saturated heterocycles. The highest BCUT2D eigenvalue weighted by Crippen LogP contribution is 2.66. The minimum atomic E-state index is -1.23. The van der Waals surface area contributed by atoms with E-state index in [1.165, 1.54) is 27.2 Å². The average molecular weight is 437 g/mol. The Labute approximate surface area is 189 Å². The second-order valence-electron chi connectivity index (χ2n) is 10.2. The van der Waals surface area contributed by atoms with E-state index in [2.05, 4.69) is 37.4 Å². The molecule has 4 heteroatoms. The molecule has 0 spiro atoms. The fraction of sp³-hybridized carbons (Fsp3) is 0.556. The lowest BCUT2D eigenvalue weighted by atomic mass is 9.51. The van der Waals surface area contributed by atoms with E-state index in [9.17, 15) is 14.7 Å². The summed E-state index contributed by atoms with van der Waals surface area (Å²) in [5.41, 5.74) is 3.80. The number of benzene rings is 1. The van der Waals surface area contributed by atoms with Gasteiger partial charge in [-0.1, -0.05) is 24.6 Å². The van der Waals surface area contributed by atoms with Gasteiger partial charge in [-0.25, -0.2) is 0 Å². The Balaban J connectivity index is 1.68. The van der Waals surface area contributed by atoms with Gasteiger partial charge in [0.05, 0.1) is 0 Å². The number of carbonyl (C=O) groups excluding carboxylic acids is 2. The summed E-state index contributed by atoms with van der Waals surface area (Å²) >= 11 is 1.74. The monoisotopic (exact) mass is 436 g/mol. The van der Waals surface area contributed by atoms with Crippen LogP contribution in [0.4, 0.5) is 0 Å². The van der Waals surface area contributed by atoms with Crippen LogP contribution in [0.15, 0.2) is 52.0 Å². The Bertz CT molecular complexity index is 1000. The van der Waals surface area contributed by atoms with Crippen LogP contribution in [-0.2, 0) is 9.59 Å². The van der Waals surface area contributed by atoms with Crippen LogP contribution in [0.3, 0.4) is 0 Å². The molecule has 4 aliphatic rings. The van der Waals surface area contributed by atoms with Gasteiger partial charge in [0.25, 0.3) is 0 Å². The SMILES string of the molecule is CSc1ccc([C@H]2C[C@@]3(C)[C@@H](CC[C@]3(O)C(C)=O)[C@@H]3CCC4=CC(=O)CCC4=C32)cc1. The van der Waals surface area contributed by atoms with Crippen molar-refractivity contribution in [3.63, 3.8) is 0 Å². The minimum absolute atomic E-state index is 0.0789. The van der Waals surface area contributed by atoms with Crippen molar-refractivity contribution >= 4 is 23.3 Å². The van der Waals surface area contributed by atoms with Crippen LogP contribution in [-0.4, -0.2) is 28.5 Å². The summed E-state index contributed by atoms with van der Waals surface area (Å²) < 4.78 is 0. The first-order valence-electron chi connectivity index (χ1n) is 11.6. The average Bonchev–Trinajstić information content (AvgIpc) is 3.04. The topological polar surface area (TPSA) is 54.4 Å². The van der Waals surface area contributed by atoms with Crippen LogP contribution in [0.25, 0.3) is 0 Å². The molecule has 0 aromatic heterocycles. The van der Waals surface area contributed by atoms with Crippen molar-refractivity contribution in [3.8, 4) is 0 Å². The smallest absolute Gasteiger partial charge is 0.161 e. The molecular weight excluding hydrogens is 404 g/mol. The molecule has 0 heterocycles. The van der Waals surface area contributed by atoms with E-state index in [0.29, 0.717) is 24.7 Å². The molecule has 1 N–H and O–H groups in total. The van der Waals surface area contributed by atoms with Gasteiger partial charge in [0.2, 0.25) is 0 Å². The lowest BCUT2D eigenvalue weighted by Crippen LogP contribution is -2.55. The number of ketones is 2. The Morgan fingerprint density at radius 2 is 1.87 bits per heavy atom. The molecule has 0 amide bonds. The Hall–Kier alpha value is -1.65. The quantitative estimate of drug-likeness (QED) is 0.624. The molecule has 0 bridgehead atoms. The van der Waals surface area contributed by atoms with E-state index in [1.54, 1.807) is 18.7 Å². The molecule has 31 heavy (non-hydrogen) atoms. The van der Waals surface area contributed by atoms with Crippen LogP contribution < -0.4 is 0 Å². The minimum Gasteiger partial charge on any atom is -0.382 e. The van der Waals surface area contributed by atoms with Gasteiger partial charge in [0.15, 0.2) is 11.6 Å². The molecule has 5 rings (SSSR count). The van der Waals surface area contributed by atoms with Gasteiger partial charge >= 0.3 is 0 Å². The summed E-state index contributed by atoms with van der Waals surface area (Å²) in [5, 5.41) is 11.6. The van der Waals surface area contributed by atoms with E-state index in [1.807, 2.05) is 6.08 Å². The molecule has 5 atom stereocenters. The standard InChI is InChI=1S/C27H32O3S/c1-16(28)27(30)13-12-24-22-10-6-18-14-19(29)7-11-21(18)25(22)23(15-26(24,27)2)17-4-8-20(31-3)9-5-17/h4-5,8-9,14,22-24,30H,6-7,10-13,15H2,1-3H3/t22-,23+,24-,26-,27-/m0/s1. The zero-order valence-electron chi connectivity index (χ0n) is 18.7. The number of aliphatic hydroxyl groups is 1. The number of rotatable bonds is 3. The van der Waals surface area contributed by atoms with Crippen molar-refractivity contribution in [3.05, 3.63) is 52.6 Å². The summed E-state index contributed by atoms with van der Waals surface area (Å²) in [6.45, 7) is 3.74. The first kappa shape index (κ1) is 21.2. The van der Waals surface area contributed by atoms with Crippen LogP contribution >= 0.6 is 11.8 Å². The van der Waals surface area contributed by atoms with E-state index >= 15 is 0 Å². The predicted octanol–water partition coefficient (Wildman–Crippen LogP) is 5.63. The van der Waals surface area contributed by atoms with Crippen molar-refractivity contribution < 1.29 is 14.7 Å². The van der Waals surface area contributed by atoms with Crippen molar-refractivity contribution in [1.82, 2.24) is 0 Å². The van der Waals surface area contributed by atoms with Gasteiger partial charge in [-0.15, -0.1) is 11.8 Å². The summed E-state index contributed by atoms with van der Waals surface area (Å²) in [6, 6.07) is 8.84. The van der Waals surface area contributed by atoms with Gasteiger partial charge in [0, 0.05) is 22.6 Å². The van der Waals surface area contributed by atoms with Gasteiger partial charge in [-0.05, 0) is 98.5 Å². The Morgan fingerprint density at radius 1 is 1.13 bits per heavy atom. The summed E-state index contributed by atoms with van der Waals surface area (Å²) in [7, 11) is 0. The number of fused-ring (bicyclic) bond motifs is 4. The van der Waals surface area contributed by atoms with E-state index in [-0.39, 0.29) is 17.5 Å². The van der Waals surface area contributed by atoms with Crippen molar-refractivity contribution in [2.24, 2.45) is 17.3 Å². The Morgan fingerprint density at radius 3 is 2.55 bits per heavy atom. The first-order chi connectivity index (χ1) is 14.8. The highest BCUT2D eigenvalue weighted by molar-refractivity contribution is 7.98. The highest BCUT2D eigenvalue weighted by atomic mass is 32.2. The molecule has 3 nitrogen and oxygen atoms in total. The number of allylic oxidation sites excluding steroid dienone is 4. The third-order valence-electron chi connectivity index (χ3n) is 8.99. The molecule has 0 unspecified atom stereocenters. The number of carbonyl (C=O) groups is 2. The normalized spacial score (nSPS) is 37.1. The van der Waals surface area contributed by atoms with Gasteiger partial charge < -0.3 is 5.11 Å². The van der Waals surface area contributed by atoms with Crippen LogP contribution in [0.2, 0.25) is 0 Å². The van der Waals surface area contributed by atoms with Gasteiger partial charge in [-0.3, -0.25) is 9.59 Å². The second-order valence-corrected chi connectivity index (χ2v) is 11.1. The van der Waals surface area contributed by atoms with Crippen LogP contribution in [0.1, 0.15) is 70.3 Å². The van der Waals surface area contributed by atoms with Gasteiger partial charge in [0.1, 0.15) is 5.60 Å². The summed E-state index contributed by atoms with van der Waals surface area (Å²) in [5.74, 6) is 1.08. The van der Waals surface area contributed by atoms with E-state index < -0.39 is 11.0 Å². The maximum Gasteiger partial charge on any atom is 0.161 e. The van der Waals surface area contributed by atoms with E-state index in [4.69, 9.17) is 0 Å². The largest absolute Gasteiger partial charge is 0.382 e. The van der Waals surface area contributed by atoms with Crippen molar-refractivity contribution in [2.75, 3.05) is 6.26 Å². The highest BCUT2D eigenvalue weighted by Gasteiger charge is 2.64. The first-order valence-corrected chi connectivity index (χ1v) is 12.8. The zero-order chi connectivity index (χ0) is 22.0. The molecule has 4 aliphatic carbocycles. The molecular formula is C27H32O3S. The predicted molar refractivity (Wildman–Crippen MR) is 124 cm³/mol. The third-order valence-corrected chi connectivity index (χ3v) is 9.73. The molecule has 1 aromatic rings. The molecule has 1 aromatic carbocycles. The lowest BCUT2D eigenvalue weighted by Gasteiger charge is -2.54. The molecule has 0 radical (unpaired) electrons. The lowest BCUT2D eigenvalue weighted by molar-refractivity contribution is -0.152. The Kier molecular flexibility index (Phi) is 5.10. The third kappa shape index (κ3) is 3.05. The summed E-state index contributed by atoms with van der Waals surface area (Å²) in [4.78, 5) is 26.0. The van der Waals surface area contributed by atoms with Gasteiger partial charge in [-0.2, -0.15) is 0 Å². The summed E-state index contributed by atoms with van der Waals surface area (Å²) in [6.07, 6.45) is 9.66. The fourth-order valence-electron chi connectivity index (χ4n) is 7.38. The molecule has 2 fully saturated rings. The molecule has 2 saturated carbocycles. The fourth-order valence-corrected chi connectivity index (χ4v) is 7.79. The maximum absolute atomic E-state index is 12.7. The molecule has 0 aliphatic heterocycles. The van der Waals surface area contributed by atoms with Crippen molar-refractivity contribution in [2.45, 2.75) is 75.2 Å². The maximum atomic E-state index is 12.7. The number of hydrogen-bond acceptors (Lipinski definition) is 4. The molecule has 164 valence electrons. The van der Waals surface area contributed by atoms with E-state index in [0.717, 1.165) is 32.1 Å². The number of hydrogen-bond donors (Lipinski definition) is 1. The number of Topliss-reactive ketones (excluding diaryl/α,β-unsaturated/α-hetero) is 1.